The van der Waals surface area contributed by atoms with E-state index in [2.05, 4.69) is 0 Å². The molecule has 1 rings (SSSR count). The van der Waals surface area contributed by atoms with Crippen molar-refractivity contribution >= 4 is 11.8 Å². The van der Waals surface area contributed by atoms with Crippen LogP contribution >= 0.6 is 0 Å². The summed E-state index contributed by atoms with van der Waals surface area (Å²) in [6.45, 7) is 0. The second-order valence-corrected chi connectivity index (χ2v) is 2.83. The summed E-state index contributed by atoms with van der Waals surface area (Å²) in [5.74, 6) is -1.52. The van der Waals surface area contributed by atoms with Crippen LogP contribution in [0.1, 0.15) is 19.3 Å². The summed E-state index contributed by atoms with van der Waals surface area (Å²) in [7, 11) is 0. The average molecular weight is 157 g/mol. The van der Waals surface area contributed by atoms with Gasteiger partial charge in [-0.3, -0.25) is 9.59 Å². The zero-order valence-electron chi connectivity index (χ0n) is 6.12. The Bertz CT molecular complexity index is 190. The van der Waals surface area contributed by atoms with E-state index in [4.69, 9.17) is 10.8 Å². The van der Waals surface area contributed by atoms with Crippen LogP contribution < -0.4 is 5.73 Å². The van der Waals surface area contributed by atoms with Gasteiger partial charge in [-0.05, 0) is 12.8 Å². The number of aliphatic carboxylic acids is 1. The van der Waals surface area contributed by atoms with Crippen molar-refractivity contribution in [2.75, 3.05) is 0 Å². The van der Waals surface area contributed by atoms with Gasteiger partial charge in [0.15, 0.2) is 0 Å². The number of carboxylic acid groups (broad SMARTS) is 1. The molecule has 0 heterocycles. The lowest BCUT2D eigenvalue weighted by Gasteiger charge is -2.11. The minimum atomic E-state index is -1.08. The first-order valence-electron chi connectivity index (χ1n) is 3.64. The molecule has 0 saturated heterocycles. The van der Waals surface area contributed by atoms with Crippen molar-refractivity contribution in [3.05, 3.63) is 0 Å². The first-order chi connectivity index (χ1) is 5.13. The van der Waals surface area contributed by atoms with Crippen LogP contribution in [-0.2, 0) is 9.59 Å². The van der Waals surface area contributed by atoms with Crippen molar-refractivity contribution < 1.29 is 14.7 Å². The lowest BCUT2D eigenvalue weighted by Crippen LogP contribution is -2.39. The summed E-state index contributed by atoms with van der Waals surface area (Å²) in [6.07, 6.45) is 1.91. The van der Waals surface area contributed by atoms with E-state index in [0.717, 1.165) is 6.42 Å². The molecule has 62 valence electrons. The summed E-state index contributed by atoms with van der Waals surface area (Å²) in [6, 6.07) is -0.995. The van der Waals surface area contributed by atoms with Gasteiger partial charge in [0.25, 0.3) is 0 Å². The predicted octanol–water partition coefficient (Wildman–Crippen LogP) is -0.233. The molecule has 0 aliphatic heterocycles. The molecule has 0 aromatic carbocycles. The van der Waals surface area contributed by atoms with E-state index in [1.165, 1.54) is 0 Å². The molecule has 4 heteroatoms. The van der Waals surface area contributed by atoms with Crippen molar-refractivity contribution in [1.82, 2.24) is 0 Å². The van der Waals surface area contributed by atoms with Gasteiger partial charge >= 0.3 is 5.97 Å². The van der Waals surface area contributed by atoms with Gasteiger partial charge in [-0.25, -0.2) is 0 Å². The molecule has 0 radical (unpaired) electrons. The molecule has 0 aromatic heterocycles. The van der Waals surface area contributed by atoms with Crippen molar-refractivity contribution in [2.45, 2.75) is 25.3 Å². The number of nitrogens with two attached hydrogens (primary N) is 1. The maximum Gasteiger partial charge on any atom is 0.321 e. The van der Waals surface area contributed by atoms with E-state index in [0.29, 0.717) is 12.8 Å². The fourth-order valence-corrected chi connectivity index (χ4v) is 1.39. The molecule has 2 atom stereocenters. The van der Waals surface area contributed by atoms with E-state index in [1.807, 2.05) is 0 Å². The topological polar surface area (TPSA) is 80.4 Å². The van der Waals surface area contributed by atoms with Crippen molar-refractivity contribution in [3.8, 4) is 0 Å². The maximum atomic E-state index is 11.0. The van der Waals surface area contributed by atoms with E-state index in [1.54, 1.807) is 0 Å². The van der Waals surface area contributed by atoms with Gasteiger partial charge in [-0.1, -0.05) is 0 Å². The molecule has 0 amide bonds. The number of carbonyl (C=O) groups is 2. The molecule has 3 N–H and O–H groups in total. The molecule has 1 saturated carbocycles. The zero-order valence-corrected chi connectivity index (χ0v) is 6.12. The molecule has 4 nitrogen and oxygen atoms in total. The third kappa shape index (κ3) is 1.57. The number of carbonyl (C=O) groups excluding carboxylic acids is 1. The Hall–Kier alpha value is -0.900. The van der Waals surface area contributed by atoms with Crippen molar-refractivity contribution in [1.29, 1.82) is 0 Å². The second kappa shape index (κ2) is 3.00. The molecule has 1 aliphatic carbocycles. The van der Waals surface area contributed by atoms with Crippen molar-refractivity contribution in [2.24, 2.45) is 11.7 Å². The summed E-state index contributed by atoms with van der Waals surface area (Å²) >= 11 is 0. The fraction of sp³-hybridized carbons (Fsp3) is 0.714. The highest BCUT2D eigenvalue weighted by molar-refractivity contribution is 5.89. The molecular formula is C7H11NO3. The first-order valence-corrected chi connectivity index (χ1v) is 3.64. The van der Waals surface area contributed by atoms with Gasteiger partial charge in [0.1, 0.15) is 11.8 Å². The van der Waals surface area contributed by atoms with E-state index in [-0.39, 0.29) is 5.78 Å². The smallest absolute Gasteiger partial charge is 0.321 e. The largest absolute Gasteiger partial charge is 0.480 e. The molecule has 2 unspecified atom stereocenters. The van der Waals surface area contributed by atoms with Gasteiger partial charge in [0.2, 0.25) is 0 Å². The SMILES string of the molecule is NC(C(=O)O)C1CCCC1=O. The van der Waals surface area contributed by atoms with E-state index < -0.39 is 17.9 Å². The Morgan fingerprint density at radius 3 is 2.73 bits per heavy atom. The van der Waals surface area contributed by atoms with E-state index in [9.17, 15) is 9.59 Å². The maximum absolute atomic E-state index is 11.0. The van der Waals surface area contributed by atoms with Crippen LogP contribution in [0.25, 0.3) is 0 Å². The number of rotatable bonds is 2. The van der Waals surface area contributed by atoms with Gasteiger partial charge in [-0.2, -0.15) is 0 Å². The van der Waals surface area contributed by atoms with Gasteiger partial charge < -0.3 is 10.8 Å². The van der Waals surface area contributed by atoms with Crippen LogP contribution in [0.2, 0.25) is 0 Å². The normalized spacial score (nSPS) is 27.0. The Morgan fingerprint density at radius 2 is 2.36 bits per heavy atom. The van der Waals surface area contributed by atoms with Crippen molar-refractivity contribution in [3.63, 3.8) is 0 Å². The summed E-state index contributed by atoms with van der Waals surface area (Å²) in [5.41, 5.74) is 5.29. The van der Waals surface area contributed by atoms with Gasteiger partial charge in [0.05, 0.1) is 0 Å². The molecule has 1 aliphatic rings. The second-order valence-electron chi connectivity index (χ2n) is 2.83. The highest BCUT2D eigenvalue weighted by Gasteiger charge is 2.33. The monoisotopic (exact) mass is 157 g/mol. The predicted molar refractivity (Wildman–Crippen MR) is 38.0 cm³/mol. The molecule has 0 bridgehead atoms. The summed E-state index contributed by atoms with van der Waals surface area (Å²) in [5, 5.41) is 8.48. The zero-order chi connectivity index (χ0) is 8.43. The summed E-state index contributed by atoms with van der Waals surface area (Å²) in [4.78, 5) is 21.3. The minimum Gasteiger partial charge on any atom is -0.480 e. The summed E-state index contributed by atoms with van der Waals surface area (Å²) < 4.78 is 0. The lowest BCUT2D eigenvalue weighted by molar-refractivity contribution is -0.142. The Balaban J connectivity index is 2.59. The minimum absolute atomic E-state index is 0.0000926. The molecule has 0 aromatic rings. The number of hydrogen-bond donors (Lipinski definition) is 2. The standard InChI is InChI=1S/C7H11NO3/c8-6(7(10)11)4-2-1-3-5(4)9/h4,6H,1-3,8H2,(H,10,11). The highest BCUT2D eigenvalue weighted by Crippen LogP contribution is 2.23. The van der Waals surface area contributed by atoms with Crippen LogP contribution in [0.4, 0.5) is 0 Å². The number of Topliss-reactive ketones (excluding diaryl/α,β-unsaturated/α-hetero) is 1. The van der Waals surface area contributed by atoms with Crippen LogP contribution in [-0.4, -0.2) is 22.9 Å². The number of carboxylic acids is 1. The molecule has 1 fully saturated rings. The van der Waals surface area contributed by atoms with Crippen LogP contribution in [0.3, 0.4) is 0 Å². The average Bonchev–Trinajstić information content (AvgIpc) is 2.33. The highest BCUT2D eigenvalue weighted by atomic mass is 16.4. The quantitative estimate of drug-likeness (QED) is 0.580. The Kier molecular flexibility index (Phi) is 2.24. The van der Waals surface area contributed by atoms with Gasteiger partial charge in [0, 0.05) is 12.3 Å². The molecule has 0 spiro atoms. The number of hydrogen-bond acceptors (Lipinski definition) is 3. The van der Waals surface area contributed by atoms with E-state index >= 15 is 0 Å². The molecular weight excluding hydrogens is 146 g/mol. The third-order valence-corrected chi connectivity index (χ3v) is 2.07. The Morgan fingerprint density at radius 1 is 1.73 bits per heavy atom. The first kappa shape index (κ1) is 8.20. The Labute approximate surface area is 64.4 Å². The number of ketones is 1. The third-order valence-electron chi connectivity index (χ3n) is 2.07. The van der Waals surface area contributed by atoms with Crippen LogP contribution in [0.5, 0.6) is 0 Å². The fourth-order valence-electron chi connectivity index (χ4n) is 1.39. The molecule has 11 heavy (non-hydrogen) atoms. The lowest BCUT2D eigenvalue weighted by atomic mass is 9.98. The van der Waals surface area contributed by atoms with Crippen LogP contribution in [0.15, 0.2) is 0 Å². The van der Waals surface area contributed by atoms with Crippen LogP contribution in [0, 0.1) is 5.92 Å². The van der Waals surface area contributed by atoms with Gasteiger partial charge in [-0.15, -0.1) is 0 Å².